The summed E-state index contributed by atoms with van der Waals surface area (Å²) in [5, 5.41) is 0. The van der Waals surface area contributed by atoms with Gasteiger partial charge in [0, 0.05) is 6.08 Å². The number of unbranched alkanes of at least 4 members (excludes halogenated alkanes) is 9. The fourth-order valence-corrected chi connectivity index (χ4v) is 2.03. The molecule has 0 aliphatic rings. The second-order valence-corrected chi connectivity index (χ2v) is 5.19. The summed E-state index contributed by atoms with van der Waals surface area (Å²) in [6, 6.07) is 0. The van der Waals surface area contributed by atoms with Crippen LogP contribution in [0.1, 0.15) is 71.1 Å². The minimum absolute atomic E-state index is 0.409. The Morgan fingerprint density at radius 1 is 0.800 bits per heavy atom. The third-order valence-electron chi connectivity index (χ3n) is 3.20. The molecule has 0 spiro atoms. The Morgan fingerprint density at radius 2 is 1.35 bits per heavy atom. The smallest absolute Gasteiger partial charge is 0.241 e. The van der Waals surface area contributed by atoms with Crippen LogP contribution in [0, 0.1) is 0 Å². The van der Waals surface area contributed by atoms with E-state index in [9.17, 15) is 4.79 Å². The van der Waals surface area contributed by atoms with Gasteiger partial charge in [-0.05, 0) is 12.8 Å². The van der Waals surface area contributed by atoms with Crippen LogP contribution in [0.25, 0.3) is 0 Å². The number of hydrogen-bond donors (Lipinski definition) is 1. The third-order valence-corrected chi connectivity index (χ3v) is 3.20. The first-order valence-electron chi connectivity index (χ1n) is 8.06. The first-order valence-corrected chi connectivity index (χ1v) is 8.06. The van der Waals surface area contributed by atoms with Gasteiger partial charge in [-0.3, -0.25) is 4.79 Å². The van der Waals surface area contributed by atoms with Crippen molar-refractivity contribution in [2.24, 2.45) is 5.73 Å². The highest BCUT2D eigenvalue weighted by atomic mass is 16.1. The van der Waals surface area contributed by atoms with Crippen LogP contribution in [0.15, 0.2) is 36.5 Å². The van der Waals surface area contributed by atoms with Crippen LogP contribution in [-0.4, -0.2) is 5.91 Å². The number of rotatable bonds is 13. The summed E-state index contributed by atoms with van der Waals surface area (Å²) in [6.07, 6.45) is 24.4. The minimum atomic E-state index is -0.409. The van der Waals surface area contributed by atoms with Crippen molar-refractivity contribution >= 4 is 5.91 Å². The van der Waals surface area contributed by atoms with Crippen LogP contribution in [-0.2, 0) is 4.79 Å². The maximum Gasteiger partial charge on any atom is 0.241 e. The molecular weight excluding hydrogens is 246 g/mol. The molecule has 0 radical (unpaired) electrons. The molecule has 0 unspecified atom stereocenters. The average molecular weight is 277 g/mol. The lowest BCUT2D eigenvalue weighted by molar-refractivity contribution is -0.113. The van der Waals surface area contributed by atoms with E-state index in [0.29, 0.717) is 0 Å². The largest absolute Gasteiger partial charge is 0.366 e. The molecule has 0 bridgehead atoms. The lowest BCUT2D eigenvalue weighted by Gasteiger charge is -2.00. The lowest BCUT2D eigenvalue weighted by Crippen LogP contribution is -2.04. The molecule has 20 heavy (non-hydrogen) atoms. The van der Waals surface area contributed by atoms with Gasteiger partial charge in [0.25, 0.3) is 0 Å². The highest BCUT2D eigenvalue weighted by molar-refractivity contribution is 5.85. The van der Waals surface area contributed by atoms with Gasteiger partial charge >= 0.3 is 0 Å². The zero-order valence-electron chi connectivity index (χ0n) is 13.0. The van der Waals surface area contributed by atoms with Crippen molar-refractivity contribution in [3.05, 3.63) is 36.5 Å². The zero-order chi connectivity index (χ0) is 14.9. The molecule has 0 saturated carbocycles. The molecule has 0 aliphatic carbocycles. The predicted molar refractivity (Wildman–Crippen MR) is 88.5 cm³/mol. The van der Waals surface area contributed by atoms with E-state index in [-0.39, 0.29) is 0 Å². The normalized spacial score (nSPS) is 12.1. The molecule has 0 heterocycles. The molecular formula is C18H31NO. The molecule has 0 aromatic heterocycles. The van der Waals surface area contributed by atoms with Crippen LogP contribution in [0.5, 0.6) is 0 Å². The van der Waals surface area contributed by atoms with Gasteiger partial charge in [0.1, 0.15) is 0 Å². The molecule has 0 atom stereocenters. The number of carbonyl (C=O) groups is 1. The van der Waals surface area contributed by atoms with Crippen molar-refractivity contribution in [3.8, 4) is 0 Å². The van der Waals surface area contributed by atoms with Gasteiger partial charge in [0.15, 0.2) is 0 Å². The van der Waals surface area contributed by atoms with Gasteiger partial charge in [0.2, 0.25) is 5.91 Å². The van der Waals surface area contributed by atoms with Crippen molar-refractivity contribution in [2.75, 3.05) is 0 Å². The SMILES string of the molecule is CCCCCCCCCCCC=CC=CC=CC(N)=O. The lowest BCUT2D eigenvalue weighted by atomic mass is 10.1. The first-order chi connectivity index (χ1) is 9.77. The molecule has 0 fully saturated rings. The predicted octanol–water partition coefficient (Wildman–Crippen LogP) is 5.06. The van der Waals surface area contributed by atoms with Crippen molar-refractivity contribution in [2.45, 2.75) is 71.1 Å². The van der Waals surface area contributed by atoms with Crippen molar-refractivity contribution in [1.82, 2.24) is 0 Å². The van der Waals surface area contributed by atoms with Gasteiger partial charge in [-0.2, -0.15) is 0 Å². The quantitative estimate of drug-likeness (QED) is 0.285. The summed E-state index contributed by atoms with van der Waals surface area (Å²) in [4.78, 5) is 10.4. The molecule has 0 saturated heterocycles. The Labute approximate surface area is 124 Å². The molecule has 0 aromatic carbocycles. The summed E-state index contributed by atoms with van der Waals surface area (Å²) in [7, 11) is 0. The molecule has 0 aromatic rings. The topological polar surface area (TPSA) is 43.1 Å². The van der Waals surface area contributed by atoms with Crippen LogP contribution < -0.4 is 5.73 Å². The fraction of sp³-hybridized carbons (Fsp3) is 0.611. The summed E-state index contributed by atoms with van der Waals surface area (Å²) in [5.41, 5.74) is 4.97. The Balaban J connectivity index is 3.25. The Morgan fingerprint density at radius 3 is 1.95 bits per heavy atom. The molecule has 1 amide bonds. The maximum atomic E-state index is 10.4. The average Bonchev–Trinajstić information content (AvgIpc) is 2.43. The van der Waals surface area contributed by atoms with Gasteiger partial charge in [-0.25, -0.2) is 0 Å². The van der Waals surface area contributed by atoms with E-state index in [1.807, 2.05) is 18.2 Å². The number of carbonyl (C=O) groups excluding carboxylic acids is 1. The number of nitrogens with two attached hydrogens (primary N) is 1. The van der Waals surface area contributed by atoms with Crippen LogP contribution in [0.2, 0.25) is 0 Å². The van der Waals surface area contributed by atoms with E-state index in [2.05, 4.69) is 13.0 Å². The summed E-state index contributed by atoms with van der Waals surface area (Å²) < 4.78 is 0. The summed E-state index contributed by atoms with van der Waals surface area (Å²) in [5.74, 6) is -0.409. The van der Waals surface area contributed by atoms with E-state index in [0.717, 1.165) is 6.42 Å². The van der Waals surface area contributed by atoms with Crippen LogP contribution in [0.3, 0.4) is 0 Å². The highest BCUT2D eigenvalue weighted by Gasteiger charge is 1.90. The van der Waals surface area contributed by atoms with E-state index in [4.69, 9.17) is 5.73 Å². The minimum Gasteiger partial charge on any atom is -0.366 e. The standard InChI is InChI=1S/C18H31NO/c1-2-3-4-5-6-7-8-9-10-11-12-13-14-15-16-17-18(19)20/h12-17H,2-11H2,1H3,(H2,19,20). The van der Waals surface area contributed by atoms with Gasteiger partial charge in [-0.1, -0.05) is 88.7 Å². The number of allylic oxidation sites excluding steroid dienone is 5. The molecule has 2 heteroatoms. The molecule has 0 rings (SSSR count). The van der Waals surface area contributed by atoms with Crippen molar-refractivity contribution < 1.29 is 4.79 Å². The van der Waals surface area contributed by atoms with Crippen LogP contribution in [0.4, 0.5) is 0 Å². The van der Waals surface area contributed by atoms with Crippen LogP contribution >= 0.6 is 0 Å². The molecule has 114 valence electrons. The van der Waals surface area contributed by atoms with E-state index < -0.39 is 5.91 Å². The van der Waals surface area contributed by atoms with E-state index >= 15 is 0 Å². The third kappa shape index (κ3) is 16.7. The monoisotopic (exact) mass is 277 g/mol. The zero-order valence-corrected chi connectivity index (χ0v) is 13.0. The maximum absolute atomic E-state index is 10.4. The number of hydrogen-bond acceptors (Lipinski definition) is 1. The number of primary amides is 1. The summed E-state index contributed by atoms with van der Waals surface area (Å²) >= 11 is 0. The second kappa shape index (κ2) is 15.7. The molecule has 2 nitrogen and oxygen atoms in total. The Kier molecular flexibility index (Phi) is 14.7. The Hall–Kier alpha value is -1.31. The van der Waals surface area contributed by atoms with E-state index in [1.54, 1.807) is 6.08 Å². The van der Waals surface area contributed by atoms with Gasteiger partial charge < -0.3 is 5.73 Å². The van der Waals surface area contributed by atoms with Crippen molar-refractivity contribution in [1.29, 1.82) is 0 Å². The van der Waals surface area contributed by atoms with Gasteiger partial charge in [-0.15, -0.1) is 0 Å². The second-order valence-electron chi connectivity index (χ2n) is 5.19. The first kappa shape index (κ1) is 18.7. The Bertz CT molecular complexity index is 303. The number of amides is 1. The van der Waals surface area contributed by atoms with Crippen molar-refractivity contribution in [3.63, 3.8) is 0 Å². The summed E-state index contributed by atoms with van der Waals surface area (Å²) in [6.45, 7) is 2.26. The molecule has 0 aliphatic heterocycles. The highest BCUT2D eigenvalue weighted by Crippen LogP contribution is 2.10. The fourth-order valence-electron chi connectivity index (χ4n) is 2.03. The van der Waals surface area contributed by atoms with Gasteiger partial charge in [0.05, 0.1) is 0 Å². The van der Waals surface area contributed by atoms with E-state index in [1.165, 1.54) is 63.9 Å². The molecule has 2 N–H and O–H groups in total.